The highest BCUT2D eigenvalue weighted by Crippen LogP contribution is 2.29. The molecule has 4 rings (SSSR count). The average molecular weight is 522 g/mol. The van der Waals surface area contributed by atoms with Gasteiger partial charge in [-0.3, -0.25) is 0 Å². The minimum absolute atomic E-state index is 0.00554. The summed E-state index contributed by atoms with van der Waals surface area (Å²) in [5, 5.41) is 5.04. The van der Waals surface area contributed by atoms with Crippen LogP contribution < -0.4 is 15.4 Å². The van der Waals surface area contributed by atoms with Crippen molar-refractivity contribution in [2.45, 2.75) is 17.6 Å². The van der Waals surface area contributed by atoms with Gasteiger partial charge in [0.1, 0.15) is 12.1 Å². The fourth-order valence-corrected chi connectivity index (χ4v) is 3.70. The maximum atomic E-state index is 13.5. The van der Waals surface area contributed by atoms with Gasteiger partial charge in [-0.15, -0.1) is 0 Å². The zero-order valence-corrected chi connectivity index (χ0v) is 19.3. The third-order valence-corrected chi connectivity index (χ3v) is 5.48. The highest BCUT2D eigenvalue weighted by Gasteiger charge is 2.27. The number of aromatic nitrogens is 3. The molecule has 2 heterocycles. The van der Waals surface area contributed by atoms with Crippen LogP contribution in [0.4, 0.5) is 33.7 Å². The topological polar surface area (TPSA) is 89.0 Å². The van der Waals surface area contributed by atoms with Crippen LogP contribution in [0.15, 0.2) is 53.4 Å². The molecule has 2 N–H and O–H groups in total. The molecule has 2 aromatic carbocycles. The molecule has 0 amide bonds. The van der Waals surface area contributed by atoms with E-state index in [1.165, 1.54) is 13.2 Å². The lowest BCUT2D eigenvalue weighted by Crippen LogP contribution is -2.22. The number of nitrogens with one attached hydrogen (secondary N) is 2. The van der Waals surface area contributed by atoms with E-state index in [0.29, 0.717) is 27.5 Å². The maximum Gasteiger partial charge on any atom is 0.509 e. The third-order valence-electron chi connectivity index (χ3n) is 4.98. The van der Waals surface area contributed by atoms with Crippen LogP contribution in [0.5, 0.6) is 5.75 Å². The van der Waals surface area contributed by atoms with E-state index >= 15 is 0 Å². The molecule has 7 nitrogen and oxygen atoms in total. The number of hydrogen-bond donors (Lipinski definition) is 2. The SMILES string of the molecule is COc1ccc(-c2ccc3nc(NCc4ccc(F)c(F)c4)nc(NCC(F)(F)F)c3n2)cc1[S+]=O. The van der Waals surface area contributed by atoms with Gasteiger partial charge in [0, 0.05) is 22.4 Å². The Morgan fingerprint density at radius 1 is 0.944 bits per heavy atom. The summed E-state index contributed by atoms with van der Waals surface area (Å²) in [5.74, 6) is -1.87. The molecular formula is C23H17F5N5O2S+. The number of ether oxygens (including phenoxy) is 1. The van der Waals surface area contributed by atoms with Crippen LogP contribution >= 0.6 is 0 Å². The third kappa shape index (κ3) is 5.79. The second kappa shape index (κ2) is 10.3. The number of nitrogens with zero attached hydrogens (tertiary/aromatic N) is 3. The molecule has 0 bridgehead atoms. The van der Waals surface area contributed by atoms with Crippen molar-refractivity contribution in [3.05, 3.63) is 65.7 Å². The molecule has 2 aromatic heterocycles. The lowest BCUT2D eigenvalue weighted by molar-refractivity contribution is -0.115. The Labute approximate surface area is 205 Å². The molecule has 186 valence electrons. The van der Waals surface area contributed by atoms with Crippen molar-refractivity contribution in [3.8, 4) is 17.0 Å². The van der Waals surface area contributed by atoms with E-state index in [2.05, 4.69) is 25.6 Å². The highest BCUT2D eigenvalue weighted by molar-refractivity contribution is 7.65. The number of halogens is 5. The van der Waals surface area contributed by atoms with Crippen LogP contribution in [0, 0.1) is 11.6 Å². The second-order valence-electron chi connectivity index (χ2n) is 7.48. The largest absolute Gasteiger partial charge is 0.509 e. The fourth-order valence-electron chi connectivity index (χ4n) is 3.29. The van der Waals surface area contributed by atoms with Crippen molar-refractivity contribution in [2.75, 3.05) is 24.3 Å². The van der Waals surface area contributed by atoms with Crippen molar-refractivity contribution in [1.29, 1.82) is 0 Å². The van der Waals surface area contributed by atoms with Gasteiger partial charge in [-0.2, -0.15) is 18.2 Å². The summed E-state index contributed by atoms with van der Waals surface area (Å²) in [6.45, 7) is -1.37. The van der Waals surface area contributed by atoms with Crippen molar-refractivity contribution in [1.82, 2.24) is 15.0 Å². The Kier molecular flexibility index (Phi) is 7.20. The van der Waals surface area contributed by atoms with Gasteiger partial charge in [0.25, 0.3) is 0 Å². The first-order valence-electron chi connectivity index (χ1n) is 10.3. The molecule has 0 atom stereocenters. The highest BCUT2D eigenvalue weighted by atomic mass is 32.1. The van der Waals surface area contributed by atoms with Gasteiger partial charge >= 0.3 is 22.7 Å². The van der Waals surface area contributed by atoms with E-state index in [0.717, 1.165) is 12.1 Å². The molecular weight excluding hydrogens is 505 g/mol. The van der Waals surface area contributed by atoms with Crippen LogP contribution in [0.3, 0.4) is 0 Å². The van der Waals surface area contributed by atoms with Gasteiger partial charge in [-0.05, 0) is 42.0 Å². The van der Waals surface area contributed by atoms with Crippen molar-refractivity contribution >= 4 is 34.5 Å². The number of pyridine rings is 1. The molecule has 0 fully saturated rings. The van der Waals surface area contributed by atoms with Gasteiger partial charge in [0.05, 0.1) is 18.3 Å². The van der Waals surface area contributed by atoms with Crippen molar-refractivity contribution < 1.29 is 30.9 Å². The molecule has 13 heteroatoms. The molecule has 0 saturated carbocycles. The van der Waals surface area contributed by atoms with Gasteiger partial charge in [-0.1, -0.05) is 6.07 Å². The van der Waals surface area contributed by atoms with Crippen LogP contribution in [-0.4, -0.2) is 34.8 Å². The first-order chi connectivity index (χ1) is 17.2. The zero-order chi connectivity index (χ0) is 25.9. The van der Waals surface area contributed by atoms with Crippen molar-refractivity contribution in [3.63, 3.8) is 0 Å². The van der Waals surface area contributed by atoms with Crippen LogP contribution in [-0.2, 0) is 22.4 Å². The van der Waals surface area contributed by atoms with E-state index in [9.17, 15) is 26.2 Å². The average Bonchev–Trinajstić information content (AvgIpc) is 2.86. The van der Waals surface area contributed by atoms with E-state index in [1.807, 2.05) is 0 Å². The number of fused-ring (bicyclic) bond motifs is 1. The number of alkyl halides is 3. The Hall–Kier alpha value is -4.00. The summed E-state index contributed by atoms with van der Waals surface area (Å²) < 4.78 is 82.0. The number of methoxy groups -OCH3 is 1. The minimum atomic E-state index is -4.52. The van der Waals surface area contributed by atoms with Crippen molar-refractivity contribution in [2.24, 2.45) is 0 Å². The molecule has 4 aromatic rings. The summed E-state index contributed by atoms with van der Waals surface area (Å²) in [4.78, 5) is 13.2. The monoisotopic (exact) mass is 522 g/mol. The van der Waals surface area contributed by atoms with Crippen LogP contribution in [0.25, 0.3) is 22.3 Å². The minimum Gasteiger partial charge on any atom is -0.491 e. The zero-order valence-electron chi connectivity index (χ0n) is 18.5. The van der Waals surface area contributed by atoms with Gasteiger partial charge in [-0.25, -0.2) is 18.7 Å². The summed E-state index contributed by atoms with van der Waals surface area (Å²) in [7, 11) is 1.43. The Balaban J connectivity index is 1.71. The predicted molar refractivity (Wildman–Crippen MR) is 124 cm³/mol. The standard InChI is InChI=1S/C23H17F5N5O2S/c1-35-18-7-3-13(9-19(18)36-34)16-5-6-17-20(31-16)21(30-11-23(26,27)28)33-22(32-17)29-10-12-2-4-14(24)15(25)8-12/h2-9H,10-11H2,1H3,(H2,29,30,32,33)/q+1. The normalized spacial score (nSPS) is 11.4. The van der Waals surface area contributed by atoms with Crippen LogP contribution in [0.2, 0.25) is 0 Å². The smallest absolute Gasteiger partial charge is 0.491 e. The lowest BCUT2D eigenvalue weighted by Gasteiger charge is -2.13. The van der Waals surface area contributed by atoms with Crippen LogP contribution in [0.1, 0.15) is 5.56 Å². The molecule has 0 radical (unpaired) electrons. The molecule has 0 saturated heterocycles. The number of hydrogen-bond acceptors (Lipinski definition) is 7. The Morgan fingerprint density at radius 3 is 2.44 bits per heavy atom. The summed E-state index contributed by atoms with van der Waals surface area (Å²) >= 11 is 0.236. The maximum absolute atomic E-state index is 13.5. The Bertz CT molecular complexity index is 1430. The summed E-state index contributed by atoms with van der Waals surface area (Å²) in [6.07, 6.45) is -4.52. The number of rotatable bonds is 8. The summed E-state index contributed by atoms with van der Waals surface area (Å²) in [5.41, 5.74) is 1.60. The Morgan fingerprint density at radius 2 is 1.75 bits per heavy atom. The van der Waals surface area contributed by atoms with E-state index in [1.54, 1.807) is 30.3 Å². The molecule has 0 unspecified atom stereocenters. The fraction of sp³-hybridized carbons (Fsp3) is 0.174. The van der Waals surface area contributed by atoms with Gasteiger partial charge < -0.3 is 15.4 Å². The molecule has 0 aliphatic heterocycles. The number of anilines is 2. The molecule has 0 aliphatic carbocycles. The first-order valence-corrected chi connectivity index (χ1v) is 11.1. The van der Waals surface area contributed by atoms with E-state index in [-0.39, 0.29) is 41.0 Å². The molecule has 0 spiro atoms. The predicted octanol–water partition coefficient (Wildman–Crippen LogP) is 5.35. The number of benzene rings is 2. The van der Waals surface area contributed by atoms with Gasteiger partial charge in [0.15, 0.2) is 23.2 Å². The lowest BCUT2D eigenvalue weighted by atomic mass is 10.1. The molecule has 36 heavy (non-hydrogen) atoms. The van der Waals surface area contributed by atoms with E-state index in [4.69, 9.17) is 4.74 Å². The first kappa shape index (κ1) is 25.1. The second-order valence-corrected chi connectivity index (χ2v) is 8.09. The quantitative estimate of drug-likeness (QED) is 0.238. The summed E-state index contributed by atoms with van der Waals surface area (Å²) in [6, 6.07) is 11.3. The molecule has 0 aliphatic rings. The van der Waals surface area contributed by atoms with Gasteiger partial charge in [0.2, 0.25) is 5.95 Å². The van der Waals surface area contributed by atoms with E-state index < -0.39 is 24.4 Å².